The van der Waals surface area contributed by atoms with Crippen LogP contribution in [0, 0.1) is 5.82 Å². The summed E-state index contributed by atoms with van der Waals surface area (Å²) < 4.78 is 56.6. The van der Waals surface area contributed by atoms with Crippen LogP contribution in [0.2, 0.25) is 0 Å². The number of carbonyl (C=O) groups is 2. The molecule has 144 valence electrons. The lowest BCUT2D eigenvalue weighted by Crippen LogP contribution is -2.37. The average molecular weight is 379 g/mol. The Kier molecular flexibility index (Phi) is 6.54. The van der Waals surface area contributed by atoms with E-state index in [0.717, 1.165) is 0 Å². The first kappa shape index (κ1) is 21.2. The summed E-state index contributed by atoms with van der Waals surface area (Å²) >= 11 is 0. The molecule has 0 aromatic heterocycles. The number of rotatable bonds is 4. The lowest BCUT2D eigenvalue weighted by atomic mass is 10.1. The molecule has 1 aromatic rings. The van der Waals surface area contributed by atoms with Crippen LogP contribution in [0.3, 0.4) is 0 Å². The maximum absolute atomic E-state index is 13.1. The quantitative estimate of drug-likeness (QED) is 0.275. The third-order valence-electron chi connectivity index (χ3n) is 2.57. The van der Waals surface area contributed by atoms with Crippen LogP contribution >= 0.6 is 0 Å². The van der Waals surface area contributed by atoms with Crippen molar-refractivity contribution in [1.29, 1.82) is 0 Å². The molecule has 0 unspecified atom stereocenters. The number of nitrogens with zero attached hydrogens (tertiary/aromatic N) is 1. The molecule has 0 saturated heterocycles. The van der Waals surface area contributed by atoms with Gasteiger partial charge in [0.15, 0.2) is 5.84 Å². The molecule has 0 radical (unpaired) electrons. The van der Waals surface area contributed by atoms with E-state index in [0.29, 0.717) is 18.2 Å². The van der Waals surface area contributed by atoms with E-state index in [-0.39, 0.29) is 0 Å². The van der Waals surface area contributed by atoms with Gasteiger partial charge in [0.1, 0.15) is 11.4 Å². The molecule has 26 heavy (non-hydrogen) atoms. The highest BCUT2D eigenvalue weighted by atomic mass is 19.4. The molecule has 11 heteroatoms. The number of benzene rings is 1. The van der Waals surface area contributed by atoms with E-state index in [1.807, 2.05) is 0 Å². The molecular formula is C15H17F4N3O4. The molecule has 0 aliphatic carbocycles. The zero-order chi connectivity index (χ0) is 20.1. The van der Waals surface area contributed by atoms with Crippen LogP contribution < -0.4 is 11.1 Å². The van der Waals surface area contributed by atoms with E-state index in [1.165, 1.54) is 0 Å². The van der Waals surface area contributed by atoms with Crippen molar-refractivity contribution >= 4 is 17.9 Å². The summed E-state index contributed by atoms with van der Waals surface area (Å²) in [4.78, 5) is 27.4. The standard InChI is InChI=1S/C15H17F4N3O4/c1-14(2,3)25-13(24)21-7-11(20)22-26-12(23)9-6-8(16)4-5-10(9)15(17,18)19/h4-6H,7H2,1-3H3,(H2,20,22)(H,21,24). The maximum atomic E-state index is 13.1. The van der Waals surface area contributed by atoms with E-state index in [9.17, 15) is 27.2 Å². The molecule has 0 fully saturated rings. The van der Waals surface area contributed by atoms with Gasteiger partial charge >= 0.3 is 18.2 Å². The maximum Gasteiger partial charge on any atom is 0.417 e. The van der Waals surface area contributed by atoms with Gasteiger partial charge in [-0.3, -0.25) is 0 Å². The zero-order valence-electron chi connectivity index (χ0n) is 14.1. The van der Waals surface area contributed by atoms with Gasteiger partial charge in [-0.15, -0.1) is 0 Å². The Morgan fingerprint density at radius 2 is 1.85 bits per heavy atom. The molecule has 1 amide bonds. The number of ether oxygens (including phenoxy) is 1. The highest BCUT2D eigenvalue weighted by Crippen LogP contribution is 2.32. The van der Waals surface area contributed by atoms with E-state index >= 15 is 0 Å². The van der Waals surface area contributed by atoms with Gasteiger partial charge in [0.05, 0.1) is 17.7 Å². The molecule has 0 heterocycles. The summed E-state index contributed by atoms with van der Waals surface area (Å²) in [5, 5.41) is 5.31. The smallest absolute Gasteiger partial charge is 0.417 e. The van der Waals surface area contributed by atoms with Crippen LogP contribution in [-0.4, -0.2) is 30.0 Å². The monoisotopic (exact) mass is 379 g/mol. The molecule has 0 bridgehead atoms. The van der Waals surface area contributed by atoms with Crippen LogP contribution in [0.15, 0.2) is 23.4 Å². The van der Waals surface area contributed by atoms with Crippen LogP contribution in [-0.2, 0) is 15.8 Å². The Hall–Kier alpha value is -2.85. The summed E-state index contributed by atoms with van der Waals surface area (Å²) in [5.74, 6) is -3.04. The number of nitrogens with two attached hydrogens (primary N) is 1. The molecule has 0 aliphatic heterocycles. The highest BCUT2D eigenvalue weighted by molar-refractivity contribution is 5.92. The molecule has 0 atom stereocenters. The predicted octanol–water partition coefficient (Wildman–Crippen LogP) is 2.80. The summed E-state index contributed by atoms with van der Waals surface area (Å²) in [6.07, 6.45) is -5.72. The fraction of sp³-hybridized carbons (Fsp3) is 0.400. The van der Waals surface area contributed by atoms with Crippen molar-refractivity contribution in [1.82, 2.24) is 5.32 Å². The number of carbonyl (C=O) groups excluding carboxylic acids is 2. The summed E-state index contributed by atoms with van der Waals surface area (Å²) in [7, 11) is 0. The van der Waals surface area contributed by atoms with Gasteiger partial charge in [-0.05, 0) is 39.0 Å². The van der Waals surface area contributed by atoms with Crippen molar-refractivity contribution in [3.63, 3.8) is 0 Å². The Balaban J connectivity index is 2.75. The second kappa shape index (κ2) is 8.02. The van der Waals surface area contributed by atoms with Crippen molar-refractivity contribution in [2.24, 2.45) is 10.9 Å². The molecule has 1 rings (SSSR count). The van der Waals surface area contributed by atoms with E-state index < -0.39 is 53.2 Å². The number of halogens is 4. The van der Waals surface area contributed by atoms with Gasteiger partial charge in [0.25, 0.3) is 0 Å². The largest absolute Gasteiger partial charge is 0.444 e. The van der Waals surface area contributed by atoms with Crippen LogP contribution in [0.25, 0.3) is 0 Å². The second-order valence-electron chi connectivity index (χ2n) is 6.00. The minimum Gasteiger partial charge on any atom is -0.444 e. The molecule has 0 saturated carbocycles. The molecular weight excluding hydrogens is 362 g/mol. The number of alkyl halides is 3. The third kappa shape index (κ3) is 6.95. The van der Waals surface area contributed by atoms with E-state index in [2.05, 4.69) is 15.3 Å². The molecule has 0 spiro atoms. The van der Waals surface area contributed by atoms with Gasteiger partial charge in [-0.2, -0.15) is 13.2 Å². The summed E-state index contributed by atoms with van der Waals surface area (Å²) in [6, 6.07) is 1.33. The first-order chi connectivity index (χ1) is 11.8. The Bertz CT molecular complexity index is 712. The fourth-order valence-electron chi connectivity index (χ4n) is 1.59. The van der Waals surface area contributed by atoms with Gasteiger partial charge in [0.2, 0.25) is 0 Å². The van der Waals surface area contributed by atoms with E-state index in [1.54, 1.807) is 20.8 Å². The number of amidine groups is 1. The molecule has 1 aromatic carbocycles. The van der Waals surface area contributed by atoms with Crippen molar-refractivity contribution in [3.05, 3.63) is 35.1 Å². The number of hydrogen-bond acceptors (Lipinski definition) is 5. The number of oxime groups is 1. The first-order valence-electron chi connectivity index (χ1n) is 7.17. The lowest BCUT2D eigenvalue weighted by molar-refractivity contribution is -0.138. The molecule has 7 nitrogen and oxygen atoms in total. The summed E-state index contributed by atoms with van der Waals surface area (Å²) in [5.41, 5.74) is 2.17. The highest BCUT2D eigenvalue weighted by Gasteiger charge is 2.36. The van der Waals surface area contributed by atoms with Gasteiger partial charge < -0.3 is 20.6 Å². The Labute approximate surface area is 146 Å². The van der Waals surface area contributed by atoms with Crippen molar-refractivity contribution in [3.8, 4) is 0 Å². The fourth-order valence-corrected chi connectivity index (χ4v) is 1.59. The van der Waals surface area contributed by atoms with Crippen LogP contribution in [0.4, 0.5) is 22.4 Å². The second-order valence-corrected chi connectivity index (χ2v) is 6.00. The van der Waals surface area contributed by atoms with Crippen LogP contribution in [0.5, 0.6) is 0 Å². The number of hydrogen-bond donors (Lipinski definition) is 2. The average Bonchev–Trinajstić information content (AvgIpc) is 2.47. The van der Waals surface area contributed by atoms with Crippen LogP contribution in [0.1, 0.15) is 36.7 Å². The number of amides is 1. The number of alkyl carbamates (subject to hydrolysis) is 1. The van der Waals surface area contributed by atoms with Gasteiger partial charge in [-0.1, -0.05) is 5.16 Å². The molecule has 3 N–H and O–H groups in total. The topological polar surface area (TPSA) is 103 Å². The normalized spacial score (nSPS) is 12.5. The minimum atomic E-state index is -4.89. The zero-order valence-corrected chi connectivity index (χ0v) is 14.1. The summed E-state index contributed by atoms with van der Waals surface area (Å²) in [6.45, 7) is 4.49. The number of nitrogens with one attached hydrogen (secondary N) is 1. The van der Waals surface area contributed by atoms with Crippen molar-refractivity contribution in [2.45, 2.75) is 32.5 Å². The van der Waals surface area contributed by atoms with Gasteiger partial charge in [-0.25, -0.2) is 14.0 Å². The van der Waals surface area contributed by atoms with Crippen molar-refractivity contribution in [2.75, 3.05) is 6.54 Å². The Morgan fingerprint density at radius 1 is 1.23 bits per heavy atom. The minimum absolute atomic E-state index is 0.371. The van der Waals surface area contributed by atoms with Crippen molar-refractivity contribution < 1.29 is 36.7 Å². The lowest BCUT2D eigenvalue weighted by Gasteiger charge is -2.19. The molecule has 0 aliphatic rings. The first-order valence-corrected chi connectivity index (χ1v) is 7.17. The van der Waals surface area contributed by atoms with Gasteiger partial charge in [0, 0.05) is 0 Å². The third-order valence-corrected chi connectivity index (χ3v) is 2.57. The Morgan fingerprint density at radius 3 is 2.38 bits per heavy atom. The predicted molar refractivity (Wildman–Crippen MR) is 82.7 cm³/mol. The van der Waals surface area contributed by atoms with E-state index in [4.69, 9.17) is 10.5 Å². The SMILES string of the molecule is CC(C)(C)OC(=O)NC/C(N)=N\OC(=O)c1cc(F)ccc1C(F)(F)F.